The van der Waals surface area contributed by atoms with E-state index in [-0.39, 0.29) is 18.9 Å². The molecular weight excluding hydrogens is 309 g/mol. The maximum atomic E-state index is 12.8. The zero-order chi connectivity index (χ0) is 15.9. The number of piperidine rings is 1. The van der Waals surface area contributed by atoms with E-state index in [1.54, 1.807) is 4.90 Å². The molecule has 124 valence electrons. The van der Waals surface area contributed by atoms with Crippen LogP contribution in [0.1, 0.15) is 19.3 Å². The molecule has 0 spiro atoms. The maximum Gasteiger partial charge on any atom is 0.418 e. The van der Waals surface area contributed by atoms with Crippen molar-refractivity contribution in [3.8, 4) is 0 Å². The average Bonchev–Trinajstić information content (AvgIpc) is 2.71. The molecule has 2 aliphatic heterocycles. The minimum atomic E-state index is -4.62. The van der Waals surface area contributed by atoms with Gasteiger partial charge in [0, 0.05) is 32.7 Å². The van der Waals surface area contributed by atoms with Crippen LogP contribution in [0.2, 0.25) is 0 Å². The van der Waals surface area contributed by atoms with E-state index < -0.39 is 28.3 Å². The van der Waals surface area contributed by atoms with Gasteiger partial charge in [0.1, 0.15) is 0 Å². The Labute approximate surface area is 122 Å². The zero-order valence-electron chi connectivity index (χ0n) is 11.9. The molecule has 0 bridgehead atoms. The third-order valence-corrected chi connectivity index (χ3v) is 5.59. The van der Waals surface area contributed by atoms with Crippen molar-refractivity contribution in [1.29, 1.82) is 0 Å². The number of aliphatic hydroxyl groups is 1. The van der Waals surface area contributed by atoms with Crippen molar-refractivity contribution in [1.82, 2.24) is 9.21 Å². The van der Waals surface area contributed by atoms with Gasteiger partial charge in [0.05, 0.1) is 6.26 Å². The zero-order valence-corrected chi connectivity index (χ0v) is 12.8. The number of alkyl halides is 3. The molecule has 21 heavy (non-hydrogen) atoms. The molecule has 2 fully saturated rings. The lowest BCUT2D eigenvalue weighted by Gasteiger charge is -2.33. The highest BCUT2D eigenvalue weighted by molar-refractivity contribution is 7.88. The van der Waals surface area contributed by atoms with E-state index in [4.69, 9.17) is 0 Å². The van der Waals surface area contributed by atoms with E-state index in [1.807, 2.05) is 0 Å². The Balaban J connectivity index is 1.92. The van der Waals surface area contributed by atoms with Crippen molar-refractivity contribution >= 4 is 10.0 Å². The van der Waals surface area contributed by atoms with Crippen LogP contribution in [0.4, 0.5) is 13.2 Å². The first-order valence-corrected chi connectivity index (χ1v) is 8.83. The lowest BCUT2D eigenvalue weighted by molar-refractivity contribution is -0.254. The number of β-amino-alcohol motifs (C(OH)–C–C–N with tert-alkyl or cyclic N) is 1. The Kier molecular flexibility index (Phi) is 4.59. The Hall–Kier alpha value is -0.380. The summed E-state index contributed by atoms with van der Waals surface area (Å²) in [6.45, 7) is 0.975. The molecule has 2 aliphatic rings. The largest absolute Gasteiger partial charge is 0.418 e. The Morgan fingerprint density at radius 1 is 1.33 bits per heavy atom. The number of rotatable bonds is 3. The quantitative estimate of drug-likeness (QED) is 0.826. The van der Waals surface area contributed by atoms with Gasteiger partial charge < -0.3 is 5.11 Å². The van der Waals surface area contributed by atoms with Crippen molar-refractivity contribution in [3.63, 3.8) is 0 Å². The monoisotopic (exact) mass is 330 g/mol. The molecule has 0 aliphatic carbocycles. The Morgan fingerprint density at radius 3 is 2.52 bits per heavy atom. The summed E-state index contributed by atoms with van der Waals surface area (Å²) >= 11 is 0. The second-order valence-corrected chi connectivity index (χ2v) is 8.13. The predicted octanol–water partition coefficient (Wildman–Crippen LogP) is 0.657. The van der Waals surface area contributed by atoms with Gasteiger partial charge in [-0.25, -0.2) is 12.7 Å². The minimum Gasteiger partial charge on any atom is -0.379 e. The number of nitrogens with zero attached hydrogens (tertiary/aromatic N) is 2. The minimum absolute atomic E-state index is 0.0176. The van der Waals surface area contributed by atoms with Crippen LogP contribution in [0.3, 0.4) is 0 Å². The van der Waals surface area contributed by atoms with Gasteiger partial charge in [0.15, 0.2) is 5.60 Å². The summed E-state index contributed by atoms with van der Waals surface area (Å²) in [5.74, 6) is 0.0176. The van der Waals surface area contributed by atoms with Crippen LogP contribution in [-0.4, -0.2) is 73.5 Å². The summed E-state index contributed by atoms with van der Waals surface area (Å²) in [5.41, 5.74) is -2.63. The Morgan fingerprint density at radius 2 is 2.00 bits per heavy atom. The van der Waals surface area contributed by atoms with Crippen LogP contribution in [0, 0.1) is 5.92 Å². The SMILES string of the molecule is CS(=O)(=O)N1CCC[C@@H](CN2CC[C@](O)(C(F)(F)F)C2)C1. The fourth-order valence-electron chi connectivity index (χ4n) is 3.10. The lowest BCUT2D eigenvalue weighted by atomic mass is 9.99. The summed E-state index contributed by atoms with van der Waals surface area (Å²) in [4.78, 5) is 1.59. The van der Waals surface area contributed by atoms with E-state index >= 15 is 0 Å². The van der Waals surface area contributed by atoms with Crippen LogP contribution in [0.25, 0.3) is 0 Å². The van der Waals surface area contributed by atoms with Gasteiger partial charge in [-0.15, -0.1) is 0 Å². The number of halogens is 3. The molecule has 5 nitrogen and oxygen atoms in total. The fraction of sp³-hybridized carbons (Fsp3) is 1.00. The normalized spacial score (nSPS) is 33.5. The summed E-state index contributed by atoms with van der Waals surface area (Å²) in [7, 11) is -3.25. The van der Waals surface area contributed by atoms with Crippen molar-refractivity contribution in [2.24, 2.45) is 5.92 Å². The van der Waals surface area contributed by atoms with E-state index in [0.29, 0.717) is 19.6 Å². The first-order chi connectivity index (χ1) is 9.51. The molecule has 0 aromatic heterocycles. The van der Waals surface area contributed by atoms with Gasteiger partial charge in [-0.05, 0) is 25.2 Å². The molecule has 2 saturated heterocycles. The van der Waals surface area contributed by atoms with Crippen LogP contribution >= 0.6 is 0 Å². The fourth-order valence-corrected chi connectivity index (χ4v) is 4.04. The Bertz CT molecular complexity index is 483. The molecule has 0 aromatic carbocycles. The van der Waals surface area contributed by atoms with Gasteiger partial charge in [0.25, 0.3) is 0 Å². The molecule has 9 heteroatoms. The molecule has 0 unspecified atom stereocenters. The van der Waals surface area contributed by atoms with Crippen molar-refractivity contribution in [2.75, 3.05) is 39.0 Å². The second kappa shape index (κ2) is 5.68. The van der Waals surface area contributed by atoms with Crippen molar-refractivity contribution < 1.29 is 26.7 Å². The number of hydrogen-bond acceptors (Lipinski definition) is 4. The third kappa shape index (κ3) is 3.88. The molecular formula is C12H21F3N2O3S. The van der Waals surface area contributed by atoms with E-state index in [2.05, 4.69) is 0 Å². The van der Waals surface area contributed by atoms with Gasteiger partial charge >= 0.3 is 6.18 Å². The molecule has 0 radical (unpaired) electrons. The summed E-state index contributed by atoms with van der Waals surface area (Å²) in [6, 6.07) is 0. The van der Waals surface area contributed by atoms with Crippen LogP contribution < -0.4 is 0 Å². The molecule has 2 atom stereocenters. The van der Waals surface area contributed by atoms with Gasteiger partial charge in [0.2, 0.25) is 10.0 Å². The van der Waals surface area contributed by atoms with Crippen molar-refractivity contribution in [2.45, 2.75) is 31.0 Å². The second-order valence-electron chi connectivity index (χ2n) is 6.14. The first kappa shape index (κ1) is 17.0. The molecule has 1 N–H and O–H groups in total. The number of sulfonamides is 1. The summed E-state index contributed by atoms with van der Waals surface area (Å²) in [5, 5.41) is 9.64. The van der Waals surface area contributed by atoms with Gasteiger partial charge in [-0.3, -0.25) is 4.90 Å². The average molecular weight is 330 g/mol. The maximum absolute atomic E-state index is 12.8. The highest BCUT2D eigenvalue weighted by Gasteiger charge is 2.57. The van der Waals surface area contributed by atoms with E-state index in [0.717, 1.165) is 19.1 Å². The van der Waals surface area contributed by atoms with Crippen LogP contribution in [0.15, 0.2) is 0 Å². The van der Waals surface area contributed by atoms with Gasteiger partial charge in [-0.2, -0.15) is 13.2 Å². The first-order valence-electron chi connectivity index (χ1n) is 6.98. The van der Waals surface area contributed by atoms with Crippen LogP contribution in [-0.2, 0) is 10.0 Å². The van der Waals surface area contributed by atoms with E-state index in [1.165, 1.54) is 4.31 Å². The topological polar surface area (TPSA) is 60.9 Å². The highest BCUT2D eigenvalue weighted by Crippen LogP contribution is 2.38. The lowest BCUT2D eigenvalue weighted by Crippen LogP contribution is -2.48. The predicted molar refractivity (Wildman–Crippen MR) is 71.2 cm³/mol. The van der Waals surface area contributed by atoms with E-state index in [9.17, 15) is 26.7 Å². The highest BCUT2D eigenvalue weighted by atomic mass is 32.2. The standard InChI is InChI=1S/C12H21F3N2O3S/c1-21(19,20)17-5-2-3-10(8-17)7-16-6-4-11(18,9-16)12(13,14)15/h10,18H,2-9H2,1H3/t10-,11+/m0/s1. The van der Waals surface area contributed by atoms with Crippen molar-refractivity contribution in [3.05, 3.63) is 0 Å². The molecule has 0 saturated carbocycles. The number of likely N-dealkylation sites (tertiary alicyclic amines) is 1. The van der Waals surface area contributed by atoms with Crippen LogP contribution in [0.5, 0.6) is 0 Å². The smallest absolute Gasteiger partial charge is 0.379 e. The van der Waals surface area contributed by atoms with Gasteiger partial charge in [-0.1, -0.05) is 0 Å². The molecule has 0 aromatic rings. The summed E-state index contributed by atoms with van der Waals surface area (Å²) < 4.78 is 62.7. The summed E-state index contributed by atoms with van der Waals surface area (Å²) in [6.07, 6.45) is -2.28. The molecule has 2 heterocycles. The third-order valence-electron chi connectivity index (χ3n) is 4.32. The molecule has 2 rings (SSSR count). The molecule has 0 amide bonds. The number of hydrogen-bond donors (Lipinski definition) is 1.